The number of carbonyl (C=O) groups excluding carboxylic acids is 2. The van der Waals surface area contributed by atoms with Gasteiger partial charge in [0, 0.05) is 19.9 Å². The molecule has 0 unspecified atom stereocenters. The molecule has 0 atom stereocenters. The quantitative estimate of drug-likeness (QED) is 0.459. The Labute approximate surface area is 128 Å². The average Bonchev–Trinajstić information content (AvgIpc) is 2.36. The minimum absolute atomic E-state index is 0.0195. The number of carbonyl (C=O) groups is 3. The van der Waals surface area contributed by atoms with E-state index in [1.807, 2.05) is 0 Å². The number of hydrogen-bond donors (Lipinski definition) is 2. The first kappa shape index (κ1) is 16.3. The van der Waals surface area contributed by atoms with Crippen LogP contribution in [0.4, 0.5) is 4.79 Å². The summed E-state index contributed by atoms with van der Waals surface area (Å²) < 4.78 is 10.2. The largest absolute Gasteiger partial charge is 0.465 e. The molecule has 22 heavy (non-hydrogen) atoms. The molecule has 0 aromatic rings. The van der Waals surface area contributed by atoms with Crippen molar-refractivity contribution >= 4 is 18.0 Å². The lowest BCUT2D eigenvalue weighted by Gasteiger charge is -2.33. The van der Waals surface area contributed by atoms with E-state index in [0.29, 0.717) is 31.3 Å². The molecule has 0 aromatic heterocycles. The van der Waals surface area contributed by atoms with Crippen molar-refractivity contribution in [3.05, 3.63) is 11.1 Å². The fourth-order valence-corrected chi connectivity index (χ4v) is 3.02. The number of hydrogen-bond acceptors (Lipinski definition) is 5. The van der Waals surface area contributed by atoms with Crippen LogP contribution in [0.1, 0.15) is 46.5 Å². The molecule has 2 rings (SSSR count). The number of amides is 1. The predicted octanol–water partition coefficient (Wildman–Crippen LogP) is 1.97. The maximum absolute atomic E-state index is 12.0. The summed E-state index contributed by atoms with van der Waals surface area (Å²) in [5.41, 5.74) is 0.647. The van der Waals surface area contributed by atoms with Gasteiger partial charge in [-0.05, 0) is 44.1 Å². The van der Waals surface area contributed by atoms with Gasteiger partial charge in [-0.2, -0.15) is 0 Å². The van der Waals surface area contributed by atoms with E-state index in [0.717, 1.165) is 0 Å². The SMILES string of the molecule is CC(=C1C(=O)OC(C)(C)OC1=O)C1CCC(NC(=O)O)CC1. The van der Waals surface area contributed by atoms with Crippen LogP contribution < -0.4 is 5.32 Å². The normalized spacial score (nSPS) is 27.7. The third kappa shape index (κ3) is 3.58. The van der Waals surface area contributed by atoms with Gasteiger partial charge in [0.1, 0.15) is 5.57 Å². The van der Waals surface area contributed by atoms with Crippen molar-refractivity contribution in [2.45, 2.75) is 58.3 Å². The summed E-state index contributed by atoms with van der Waals surface area (Å²) in [5, 5.41) is 11.2. The second kappa shape index (κ2) is 5.98. The molecule has 2 N–H and O–H groups in total. The van der Waals surface area contributed by atoms with Crippen molar-refractivity contribution in [3.8, 4) is 0 Å². The summed E-state index contributed by atoms with van der Waals surface area (Å²) in [5.74, 6) is -2.47. The lowest BCUT2D eigenvalue weighted by Crippen LogP contribution is -2.43. The van der Waals surface area contributed by atoms with Crippen molar-refractivity contribution in [2.24, 2.45) is 5.92 Å². The first-order valence-corrected chi connectivity index (χ1v) is 7.36. The highest BCUT2D eigenvalue weighted by Gasteiger charge is 2.41. The molecule has 2 fully saturated rings. The van der Waals surface area contributed by atoms with Gasteiger partial charge in [0.05, 0.1) is 0 Å². The predicted molar refractivity (Wildman–Crippen MR) is 75.9 cm³/mol. The fourth-order valence-electron chi connectivity index (χ4n) is 3.02. The van der Waals surface area contributed by atoms with Crippen molar-refractivity contribution in [1.29, 1.82) is 0 Å². The van der Waals surface area contributed by atoms with Crippen LogP contribution in [0.3, 0.4) is 0 Å². The van der Waals surface area contributed by atoms with Crippen LogP contribution in [0.25, 0.3) is 0 Å². The minimum Gasteiger partial charge on any atom is -0.465 e. The zero-order valence-electron chi connectivity index (χ0n) is 13.0. The van der Waals surface area contributed by atoms with Crippen LogP contribution >= 0.6 is 0 Å². The first-order chi connectivity index (χ1) is 10.2. The first-order valence-electron chi connectivity index (χ1n) is 7.36. The Balaban J connectivity index is 2.08. The molecule has 1 aliphatic heterocycles. The van der Waals surface area contributed by atoms with Crippen LogP contribution in [0.15, 0.2) is 11.1 Å². The van der Waals surface area contributed by atoms with E-state index in [1.165, 1.54) is 13.8 Å². The summed E-state index contributed by atoms with van der Waals surface area (Å²) in [6.45, 7) is 4.77. The van der Waals surface area contributed by atoms with Gasteiger partial charge in [-0.3, -0.25) is 0 Å². The molecular formula is C15H21NO6. The average molecular weight is 311 g/mol. The Kier molecular flexibility index (Phi) is 4.44. The van der Waals surface area contributed by atoms with Crippen LogP contribution in [0.5, 0.6) is 0 Å². The molecule has 0 bridgehead atoms. The van der Waals surface area contributed by atoms with E-state index in [9.17, 15) is 14.4 Å². The van der Waals surface area contributed by atoms with Crippen LogP contribution in [0, 0.1) is 5.92 Å². The topological polar surface area (TPSA) is 102 Å². The third-order valence-electron chi connectivity index (χ3n) is 4.15. The zero-order chi connectivity index (χ0) is 16.5. The second-order valence-corrected chi connectivity index (χ2v) is 6.23. The molecule has 122 valence electrons. The number of nitrogens with one attached hydrogen (secondary N) is 1. The van der Waals surface area contributed by atoms with Gasteiger partial charge < -0.3 is 19.9 Å². The molecule has 1 aliphatic carbocycles. The molecular weight excluding hydrogens is 290 g/mol. The van der Waals surface area contributed by atoms with Crippen molar-refractivity contribution in [1.82, 2.24) is 5.32 Å². The van der Waals surface area contributed by atoms with Crippen LogP contribution in [-0.4, -0.2) is 35.0 Å². The van der Waals surface area contributed by atoms with Gasteiger partial charge in [0.2, 0.25) is 0 Å². The lowest BCUT2D eigenvalue weighted by atomic mass is 9.80. The number of cyclic esters (lactones) is 2. The number of ether oxygens (including phenoxy) is 2. The van der Waals surface area contributed by atoms with Gasteiger partial charge in [-0.15, -0.1) is 0 Å². The summed E-state index contributed by atoms with van der Waals surface area (Å²) >= 11 is 0. The molecule has 0 spiro atoms. The monoisotopic (exact) mass is 311 g/mol. The van der Waals surface area contributed by atoms with Gasteiger partial charge in [0.25, 0.3) is 5.79 Å². The number of allylic oxidation sites excluding steroid dienone is 1. The molecule has 0 aromatic carbocycles. The highest BCUT2D eigenvalue weighted by molar-refractivity contribution is 6.16. The third-order valence-corrected chi connectivity index (χ3v) is 4.15. The summed E-state index contributed by atoms with van der Waals surface area (Å²) in [6, 6.07) is -0.0734. The van der Waals surface area contributed by atoms with E-state index in [1.54, 1.807) is 6.92 Å². The standard InChI is InChI=1S/C15H21NO6/c1-8(9-4-6-10(7-5-9)16-14(19)20)11-12(17)21-15(2,3)22-13(11)18/h9-10,16H,4-7H2,1-3H3,(H,19,20). The van der Waals surface area contributed by atoms with Gasteiger partial charge in [-0.1, -0.05) is 0 Å². The molecule has 1 saturated carbocycles. The van der Waals surface area contributed by atoms with Gasteiger partial charge >= 0.3 is 18.0 Å². The Morgan fingerprint density at radius 1 is 1.14 bits per heavy atom. The van der Waals surface area contributed by atoms with Crippen LogP contribution in [0.2, 0.25) is 0 Å². The van der Waals surface area contributed by atoms with Crippen molar-refractivity contribution in [2.75, 3.05) is 0 Å². The van der Waals surface area contributed by atoms with E-state index in [4.69, 9.17) is 14.6 Å². The van der Waals surface area contributed by atoms with E-state index in [2.05, 4.69) is 5.32 Å². The number of esters is 2. The van der Waals surface area contributed by atoms with Gasteiger partial charge in [-0.25, -0.2) is 14.4 Å². The van der Waals surface area contributed by atoms with Crippen molar-refractivity contribution < 1.29 is 29.0 Å². The molecule has 2 aliphatic rings. The maximum Gasteiger partial charge on any atom is 0.404 e. The number of rotatable bonds is 2. The zero-order valence-corrected chi connectivity index (χ0v) is 13.0. The molecule has 7 heteroatoms. The minimum atomic E-state index is -1.24. The van der Waals surface area contributed by atoms with Gasteiger partial charge in [0.15, 0.2) is 0 Å². The van der Waals surface area contributed by atoms with Crippen LogP contribution in [-0.2, 0) is 19.1 Å². The Morgan fingerprint density at radius 2 is 1.64 bits per heavy atom. The smallest absolute Gasteiger partial charge is 0.404 e. The van der Waals surface area contributed by atoms with E-state index in [-0.39, 0.29) is 17.5 Å². The summed E-state index contributed by atoms with van der Waals surface area (Å²) in [4.78, 5) is 34.7. The molecule has 0 radical (unpaired) electrons. The highest BCUT2D eigenvalue weighted by Crippen LogP contribution is 2.34. The summed E-state index contributed by atoms with van der Waals surface area (Å²) in [6.07, 6.45) is 1.75. The highest BCUT2D eigenvalue weighted by atomic mass is 16.7. The van der Waals surface area contributed by atoms with E-state index < -0.39 is 23.8 Å². The fraction of sp³-hybridized carbons (Fsp3) is 0.667. The Hall–Kier alpha value is -2.05. The number of carboxylic acid groups (broad SMARTS) is 1. The van der Waals surface area contributed by atoms with Crippen molar-refractivity contribution in [3.63, 3.8) is 0 Å². The molecule has 1 saturated heterocycles. The Morgan fingerprint density at radius 3 is 2.09 bits per heavy atom. The molecule has 7 nitrogen and oxygen atoms in total. The Bertz CT molecular complexity index is 506. The second-order valence-electron chi connectivity index (χ2n) is 6.23. The molecule has 1 amide bonds. The van der Waals surface area contributed by atoms with E-state index >= 15 is 0 Å². The lowest BCUT2D eigenvalue weighted by molar-refractivity contribution is -0.222. The maximum atomic E-state index is 12.0. The summed E-state index contributed by atoms with van der Waals surface area (Å²) in [7, 11) is 0. The molecule has 1 heterocycles.